The van der Waals surface area contributed by atoms with Crippen LogP contribution in [0.3, 0.4) is 0 Å². The van der Waals surface area contributed by atoms with Gasteiger partial charge < -0.3 is 5.11 Å². The molecule has 0 aliphatic carbocycles. The smallest absolute Gasteiger partial charge is 0.340 e. The van der Waals surface area contributed by atoms with E-state index in [1.165, 1.54) is 16.6 Å². The fraction of sp³-hybridized carbons (Fsp3) is 0. The highest BCUT2D eigenvalue weighted by Gasteiger charge is 2.23. The molecule has 0 aliphatic heterocycles. The molecule has 4 aromatic rings. The van der Waals surface area contributed by atoms with Crippen molar-refractivity contribution in [2.75, 3.05) is 0 Å². The minimum atomic E-state index is -1.14. The molecule has 6 nitrogen and oxygen atoms in total. The quantitative estimate of drug-likeness (QED) is 0.616. The van der Waals surface area contributed by atoms with Crippen molar-refractivity contribution >= 4 is 22.5 Å². The summed E-state index contributed by atoms with van der Waals surface area (Å²) in [4.78, 5) is 11.8. The Balaban J connectivity index is 2.24. The van der Waals surface area contributed by atoms with E-state index in [0.717, 1.165) is 0 Å². The summed E-state index contributed by atoms with van der Waals surface area (Å²) in [7, 11) is 0. The number of aromatic nitrogens is 4. The number of para-hydroxylation sites is 1. The molecule has 1 N–H and O–H groups in total. The van der Waals surface area contributed by atoms with Gasteiger partial charge in [-0.1, -0.05) is 30.3 Å². The summed E-state index contributed by atoms with van der Waals surface area (Å²) in [6, 6.07) is 12.9. The SMILES string of the molecule is O=C(O)c1c(-c2ccc(F)cc2)c2ccccc2n2nnnc12. The van der Waals surface area contributed by atoms with Crippen LogP contribution in [0.2, 0.25) is 0 Å². The number of pyridine rings is 1. The van der Waals surface area contributed by atoms with Crippen LogP contribution in [0.25, 0.3) is 27.7 Å². The number of carbonyl (C=O) groups is 1. The van der Waals surface area contributed by atoms with Gasteiger partial charge in [-0.15, -0.1) is 5.10 Å². The minimum Gasteiger partial charge on any atom is -0.478 e. The van der Waals surface area contributed by atoms with Crippen LogP contribution >= 0.6 is 0 Å². The lowest BCUT2D eigenvalue weighted by molar-refractivity contribution is 0.0699. The molecule has 0 radical (unpaired) electrons. The first kappa shape index (κ1) is 13.3. The van der Waals surface area contributed by atoms with Crippen molar-refractivity contribution in [2.24, 2.45) is 0 Å². The second-order valence-corrected chi connectivity index (χ2v) is 4.99. The standard InChI is InChI=1S/C16H9FN4O2/c17-10-7-5-9(6-8-10)13-11-3-1-2-4-12(11)21-15(18-19-20-21)14(13)16(22)23/h1-8H,(H,22,23). The molecular formula is C16H9FN4O2. The zero-order valence-electron chi connectivity index (χ0n) is 11.6. The van der Waals surface area contributed by atoms with Crippen molar-refractivity contribution < 1.29 is 14.3 Å². The van der Waals surface area contributed by atoms with E-state index in [0.29, 0.717) is 22.0 Å². The number of halogens is 1. The minimum absolute atomic E-state index is 0.0136. The zero-order chi connectivity index (χ0) is 16.0. The lowest BCUT2D eigenvalue weighted by Crippen LogP contribution is -2.06. The van der Waals surface area contributed by atoms with Crippen LogP contribution in [0.4, 0.5) is 4.39 Å². The fourth-order valence-electron chi connectivity index (χ4n) is 2.74. The van der Waals surface area contributed by atoms with Crippen molar-refractivity contribution in [3.63, 3.8) is 0 Å². The van der Waals surface area contributed by atoms with Gasteiger partial charge >= 0.3 is 5.97 Å². The van der Waals surface area contributed by atoms with Crippen molar-refractivity contribution in [1.82, 2.24) is 20.0 Å². The maximum atomic E-state index is 13.2. The average Bonchev–Trinajstić information content (AvgIpc) is 3.03. The Morgan fingerprint density at radius 2 is 1.83 bits per heavy atom. The molecule has 0 spiro atoms. The summed E-state index contributed by atoms with van der Waals surface area (Å²) in [6.07, 6.45) is 0. The van der Waals surface area contributed by atoms with E-state index < -0.39 is 5.97 Å². The molecule has 7 heteroatoms. The maximum absolute atomic E-state index is 13.2. The lowest BCUT2D eigenvalue weighted by Gasteiger charge is -2.12. The summed E-state index contributed by atoms with van der Waals surface area (Å²) >= 11 is 0. The topological polar surface area (TPSA) is 80.4 Å². The van der Waals surface area contributed by atoms with E-state index in [1.807, 2.05) is 6.07 Å². The van der Waals surface area contributed by atoms with Crippen LogP contribution in [0.15, 0.2) is 48.5 Å². The molecule has 0 saturated heterocycles. The number of aromatic carboxylic acids is 1. The van der Waals surface area contributed by atoms with Gasteiger partial charge in [-0.3, -0.25) is 0 Å². The van der Waals surface area contributed by atoms with Crippen LogP contribution in [-0.4, -0.2) is 31.1 Å². The van der Waals surface area contributed by atoms with Gasteiger partial charge in [-0.05, 0) is 34.2 Å². The van der Waals surface area contributed by atoms with Crippen LogP contribution in [0.1, 0.15) is 10.4 Å². The summed E-state index contributed by atoms with van der Waals surface area (Å²) in [5.41, 5.74) is 1.87. The number of hydrogen-bond acceptors (Lipinski definition) is 4. The Morgan fingerprint density at radius 1 is 1.09 bits per heavy atom. The first-order valence-corrected chi connectivity index (χ1v) is 6.79. The average molecular weight is 308 g/mol. The van der Waals surface area contributed by atoms with E-state index in [2.05, 4.69) is 15.5 Å². The zero-order valence-corrected chi connectivity index (χ0v) is 11.6. The third-order valence-corrected chi connectivity index (χ3v) is 3.69. The number of benzene rings is 2. The fourth-order valence-corrected chi connectivity index (χ4v) is 2.74. The molecule has 112 valence electrons. The molecule has 0 saturated carbocycles. The predicted octanol–water partition coefficient (Wildman–Crippen LogP) is 2.78. The first-order chi connectivity index (χ1) is 11.2. The van der Waals surface area contributed by atoms with Crippen LogP contribution in [0, 0.1) is 5.82 Å². The maximum Gasteiger partial charge on any atom is 0.340 e. The number of carboxylic acids is 1. The highest BCUT2D eigenvalue weighted by molar-refractivity contribution is 6.11. The predicted molar refractivity (Wildman–Crippen MR) is 80.6 cm³/mol. The van der Waals surface area contributed by atoms with E-state index in [4.69, 9.17) is 0 Å². The number of tetrazole rings is 1. The van der Waals surface area contributed by atoms with Crippen LogP contribution < -0.4 is 0 Å². The van der Waals surface area contributed by atoms with E-state index in [-0.39, 0.29) is 17.0 Å². The summed E-state index contributed by atoms with van der Waals surface area (Å²) < 4.78 is 14.6. The Bertz CT molecular complexity index is 1060. The van der Waals surface area contributed by atoms with Gasteiger partial charge in [0.1, 0.15) is 11.4 Å². The molecule has 2 aromatic carbocycles. The van der Waals surface area contributed by atoms with Gasteiger partial charge in [-0.25, -0.2) is 9.18 Å². The molecule has 0 amide bonds. The number of rotatable bonds is 2. The second kappa shape index (κ2) is 4.84. The van der Waals surface area contributed by atoms with Crippen molar-refractivity contribution in [2.45, 2.75) is 0 Å². The molecule has 0 fully saturated rings. The monoisotopic (exact) mass is 308 g/mol. The van der Waals surface area contributed by atoms with Crippen LogP contribution in [0.5, 0.6) is 0 Å². The molecule has 0 atom stereocenters. The van der Waals surface area contributed by atoms with Crippen molar-refractivity contribution in [3.8, 4) is 11.1 Å². The Labute approximate surface area is 128 Å². The largest absolute Gasteiger partial charge is 0.478 e. The van der Waals surface area contributed by atoms with Gasteiger partial charge in [0.15, 0.2) is 5.65 Å². The number of hydrogen-bond donors (Lipinski definition) is 1. The van der Waals surface area contributed by atoms with Crippen molar-refractivity contribution in [3.05, 3.63) is 59.9 Å². The highest BCUT2D eigenvalue weighted by atomic mass is 19.1. The molecule has 0 bridgehead atoms. The Morgan fingerprint density at radius 3 is 2.57 bits per heavy atom. The van der Waals surface area contributed by atoms with Gasteiger partial charge in [0.05, 0.1) is 5.52 Å². The number of nitrogens with zero attached hydrogens (tertiary/aromatic N) is 4. The normalized spacial score (nSPS) is 11.2. The highest BCUT2D eigenvalue weighted by Crippen LogP contribution is 2.34. The van der Waals surface area contributed by atoms with Gasteiger partial charge in [0.25, 0.3) is 0 Å². The molecule has 4 rings (SSSR count). The van der Waals surface area contributed by atoms with Gasteiger partial charge in [-0.2, -0.15) is 4.52 Å². The lowest BCUT2D eigenvalue weighted by atomic mass is 9.96. The third-order valence-electron chi connectivity index (χ3n) is 3.69. The summed E-state index contributed by atoms with van der Waals surface area (Å²) in [5, 5.41) is 21.6. The van der Waals surface area contributed by atoms with Crippen molar-refractivity contribution in [1.29, 1.82) is 0 Å². The van der Waals surface area contributed by atoms with Gasteiger partial charge in [0, 0.05) is 10.9 Å². The Hall–Kier alpha value is -3.35. The first-order valence-electron chi connectivity index (χ1n) is 6.79. The summed E-state index contributed by atoms with van der Waals surface area (Å²) in [6.45, 7) is 0. The summed E-state index contributed by atoms with van der Waals surface area (Å²) in [5.74, 6) is -1.53. The van der Waals surface area contributed by atoms with E-state index in [9.17, 15) is 14.3 Å². The molecule has 23 heavy (non-hydrogen) atoms. The molecular weight excluding hydrogens is 299 g/mol. The number of carboxylic acid groups (broad SMARTS) is 1. The van der Waals surface area contributed by atoms with E-state index in [1.54, 1.807) is 30.3 Å². The third kappa shape index (κ3) is 1.94. The second-order valence-electron chi connectivity index (χ2n) is 4.99. The molecule has 2 heterocycles. The van der Waals surface area contributed by atoms with Crippen LogP contribution in [-0.2, 0) is 0 Å². The molecule has 0 aliphatic rings. The molecule has 2 aromatic heterocycles. The molecule has 0 unspecified atom stereocenters. The number of fused-ring (bicyclic) bond motifs is 3. The van der Waals surface area contributed by atoms with Gasteiger partial charge in [0.2, 0.25) is 0 Å². The van der Waals surface area contributed by atoms with E-state index >= 15 is 0 Å². The Kier molecular flexibility index (Phi) is 2.80.